The third-order valence-electron chi connectivity index (χ3n) is 6.06. The van der Waals surface area contributed by atoms with E-state index in [4.69, 9.17) is 4.74 Å². The molecule has 3 atom stereocenters. The van der Waals surface area contributed by atoms with Crippen molar-refractivity contribution < 1.29 is 9.53 Å². The number of likely N-dealkylation sites (tertiary alicyclic amines) is 1. The second kappa shape index (κ2) is 7.46. The zero-order chi connectivity index (χ0) is 17.2. The van der Waals surface area contributed by atoms with Crippen molar-refractivity contribution in [3.05, 3.63) is 35.4 Å². The highest BCUT2D eigenvalue weighted by Gasteiger charge is 2.47. The molecule has 0 radical (unpaired) electrons. The van der Waals surface area contributed by atoms with Crippen LogP contribution in [0.3, 0.4) is 0 Å². The van der Waals surface area contributed by atoms with Gasteiger partial charge in [0.25, 0.3) is 0 Å². The SMILES string of the molecule is Cc1cccc(C2CC2C(=O)N2CCCCC2CN2CCOCC2)c1. The lowest BCUT2D eigenvalue weighted by molar-refractivity contribution is -0.137. The van der Waals surface area contributed by atoms with Crippen LogP contribution in [0.4, 0.5) is 0 Å². The first-order valence-corrected chi connectivity index (χ1v) is 9.89. The van der Waals surface area contributed by atoms with Gasteiger partial charge < -0.3 is 9.64 Å². The van der Waals surface area contributed by atoms with Gasteiger partial charge in [-0.1, -0.05) is 29.8 Å². The average Bonchev–Trinajstić information content (AvgIpc) is 3.43. The van der Waals surface area contributed by atoms with Crippen molar-refractivity contribution in [1.82, 2.24) is 9.80 Å². The molecule has 0 N–H and O–H groups in total. The molecule has 136 valence electrons. The summed E-state index contributed by atoms with van der Waals surface area (Å²) < 4.78 is 5.46. The highest BCUT2D eigenvalue weighted by molar-refractivity contribution is 5.83. The lowest BCUT2D eigenvalue weighted by Gasteiger charge is -2.40. The number of aryl methyl sites for hydroxylation is 1. The summed E-state index contributed by atoms with van der Waals surface area (Å²) in [6.45, 7) is 7.78. The second-order valence-corrected chi connectivity index (χ2v) is 7.96. The molecule has 0 aromatic heterocycles. The molecule has 0 bridgehead atoms. The number of hydrogen-bond acceptors (Lipinski definition) is 3. The quantitative estimate of drug-likeness (QED) is 0.843. The molecular formula is C21H30N2O2. The Morgan fingerprint density at radius 3 is 2.84 bits per heavy atom. The highest BCUT2D eigenvalue weighted by atomic mass is 16.5. The third-order valence-corrected chi connectivity index (χ3v) is 6.06. The summed E-state index contributed by atoms with van der Waals surface area (Å²) in [4.78, 5) is 17.9. The largest absolute Gasteiger partial charge is 0.379 e. The summed E-state index contributed by atoms with van der Waals surface area (Å²) in [6, 6.07) is 9.09. The number of amides is 1. The van der Waals surface area contributed by atoms with Crippen molar-refractivity contribution in [2.75, 3.05) is 39.4 Å². The number of benzene rings is 1. The van der Waals surface area contributed by atoms with Gasteiger partial charge in [0.05, 0.1) is 13.2 Å². The summed E-state index contributed by atoms with van der Waals surface area (Å²) in [5.41, 5.74) is 2.64. The van der Waals surface area contributed by atoms with E-state index in [9.17, 15) is 4.79 Å². The van der Waals surface area contributed by atoms with Crippen molar-refractivity contribution in [1.29, 1.82) is 0 Å². The molecule has 1 aliphatic carbocycles. The summed E-state index contributed by atoms with van der Waals surface area (Å²) in [5.74, 6) is 1.06. The van der Waals surface area contributed by atoms with E-state index in [0.717, 1.165) is 58.7 Å². The van der Waals surface area contributed by atoms with E-state index < -0.39 is 0 Å². The number of carbonyl (C=O) groups is 1. The molecule has 0 spiro atoms. The van der Waals surface area contributed by atoms with Crippen LogP contribution in [0.2, 0.25) is 0 Å². The number of hydrogen-bond donors (Lipinski definition) is 0. The smallest absolute Gasteiger partial charge is 0.226 e. The van der Waals surface area contributed by atoms with E-state index >= 15 is 0 Å². The molecule has 3 fully saturated rings. The lowest BCUT2D eigenvalue weighted by atomic mass is 9.99. The molecule has 4 nitrogen and oxygen atoms in total. The van der Waals surface area contributed by atoms with Gasteiger partial charge in [-0.05, 0) is 44.1 Å². The van der Waals surface area contributed by atoms with Crippen LogP contribution in [-0.2, 0) is 9.53 Å². The minimum absolute atomic E-state index is 0.215. The fourth-order valence-corrected chi connectivity index (χ4v) is 4.51. The molecular weight excluding hydrogens is 312 g/mol. The van der Waals surface area contributed by atoms with Gasteiger partial charge in [-0.2, -0.15) is 0 Å². The Morgan fingerprint density at radius 2 is 2.04 bits per heavy atom. The first-order valence-electron chi connectivity index (χ1n) is 9.89. The summed E-state index contributed by atoms with van der Waals surface area (Å²) in [6.07, 6.45) is 4.60. The standard InChI is InChI=1S/C21H30N2O2/c1-16-5-4-6-17(13-16)19-14-20(19)21(24)23-8-3-2-7-18(23)15-22-9-11-25-12-10-22/h4-6,13,18-20H,2-3,7-12,14-15H2,1H3. The van der Waals surface area contributed by atoms with Crippen molar-refractivity contribution in [2.24, 2.45) is 5.92 Å². The minimum Gasteiger partial charge on any atom is -0.379 e. The third kappa shape index (κ3) is 3.90. The van der Waals surface area contributed by atoms with Crippen molar-refractivity contribution in [3.8, 4) is 0 Å². The summed E-state index contributed by atoms with van der Waals surface area (Å²) in [7, 11) is 0. The Hall–Kier alpha value is -1.39. The number of carbonyl (C=O) groups excluding carboxylic acids is 1. The van der Waals surface area contributed by atoms with Crippen LogP contribution in [0.25, 0.3) is 0 Å². The van der Waals surface area contributed by atoms with E-state index in [0.29, 0.717) is 17.9 Å². The normalized spacial score (nSPS) is 30.3. The van der Waals surface area contributed by atoms with Gasteiger partial charge in [0.15, 0.2) is 0 Å². The molecule has 1 amide bonds. The Balaban J connectivity index is 1.39. The van der Waals surface area contributed by atoms with E-state index in [1.54, 1.807) is 0 Å². The molecule has 4 rings (SSSR count). The molecule has 1 saturated carbocycles. The zero-order valence-corrected chi connectivity index (χ0v) is 15.3. The van der Waals surface area contributed by atoms with E-state index in [1.807, 2.05) is 0 Å². The molecule has 2 saturated heterocycles. The van der Waals surface area contributed by atoms with E-state index in [-0.39, 0.29) is 5.92 Å². The van der Waals surface area contributed by atoms with Crippen LogP contribution in [-0.4, -0.2) is 61.1 Å². The molecule has 4 heteroatoms. The fourth-order valence-electron chi connectivity index (χ4n) is 4.51. The lowest BCUT2D eigenvalue weighted by Crippen LogP contribution is -2.51. The van der Waals surface area contributed by atoms with Gasteiger partial charge in [-0.25, -0.2) is 0 Å². The van der Waals surface area contributed by atoms with Crippen molar-refractivity contribution in [3.63, 3.8) is 0 Å². The summed E-state index contributed by atoms with van der Waals surface area (Å²) >= 11 is 0. The zero-order valence-electron chi connectivity index (χ0n) is 15.3. The fraction of sp³-hybridized carbons (Fsp3) is 0.667. The first kappa shape index (κ1) is 17.0. The Morgan fingerprint density at radius 1 is 1.20 bits per heavy atom. The van der Waals surface area contributed by atoms with Crippen LogP contribution in [0.5, 0.6) is 0 Å². The van der Waals surface area contributed by atoms with E-state index in [1.165, 1.54) is 17.5 Å². The monoisotopic (exact) mass is 342 g/mol. The number of ether oxygens (including phenoxy) is 1. The highest BCUT2D eigenvalue weighted by Crippen LogP contribution is 2.49. The average molecular weight is 342 g/mol. The molecule has 3 unspecified atom stereocenters. The number of morpholine rings is 1. The maximum Gasteiger partial charge on any atom is 0.226 e. The second-order valence-electron chi connectivity index (χ2n) is 7.96. The van der Waals surface area contributed by atoms with Gasteiger partial charge in [0.2, 0.25) is 5.91 Å². The molecule has 1 aromatic carbocycles. The Labute approximate surface area is 151 Å². The Kier molecular flexibility index (Phi) is 5.09. The van der Waals surface area contributed by atoms with Gasteiger partial charge in [-0.3, -0.25) is 9.69 Å². The van der Waals surface area contributed by atoms with E-state index in [2.05, 4.69) is 41.0 Å². The molecule has 3 aliphatic rings. The van der Waals surface area contributed by atoms with Crippen molar-refractivity contribution >= 4 is 5.91 Å². The molecule has 1 aromatic rings. The van der Waals surface area contributed by atoms with Crippen LogP contribution in [0.1, 0.15) is 42.7 Å². The molecule has 2 heterocycles. The maximum atomic E-state index is 13.2. The number of nitrogens with zero attached hydrogens (tertiary/aromatic N) is 2. The van der Waals surface area contributed by atoms with Gasteiger partial charge in [0, 0.05) is 38.1 Å². The number of rotatable bonds is 4. The van der Waals surface area contributed by atoms with Crippen LogP contribution in [0.15, 0.2) is 24.3 Å². The maximum absolute atomic E-state index is 13.2. The van der Waals surface area contributed by atoms with Crippen molar-refractivity contribution in [2.45, 2.75) is 44.6 Å². The predicted octanol–water partition coefficient (Wildman–Crippen LogP) is 2.81. The van der Waals surface area contributed by atoms with Crippen LogP contribution >= 0.6 is 0 Å². The summed E-state index contributed by atoms with van der Waals surface area (Å²) in [5, 5.41) is 0. The topological polar surface area (TPSA) is 32.8 Å². The first-order chi connectivity index (χ1) is 12.2. The van der Waals surface area contributed by atoms with Crippen LogP contribution < -0.4 is 0 Å². The predicted molar refractivity (Wildman–Crippen MR) is 98.6 cm³/mol. The Bertz CT molecular complexity index is 612. The number of piperidine rings is 1. The molecule has 25 heavy (non-hydrogen) atoms. The van der Waals surface area contributed by atoms with Gasteiger partial charge in [-0.15, -0.1) is 0 Å². The van der Waals surface area contributed by atoms with Gasteiger partial charge in [0.1, 0.15) is 0 Å². The van der Waals surface area contributed by atoms with Gasteiger partial charge >= 0.3 is 0 Å². The molecule has 2 aliphatic heterocycles. The van der Waals surface area contributed by atoms with Crippen LogP contribution in [0, 0.1) is 12.8 Å². The minimum atomic E-state index is 0.215.